The van der Waals surface area contributed by atoms with Crippen LogP contribution in [0.2, 0.25) is 0 Å². The number of aromatic nitrogens is 2. The number of aryl methyl sites for hydroxylation is 1. The zero-order valence-corrected chi connectivity index (χ0v) is 18.0. The number of hydrogen-bond donors (Lipinski definition) is 2. The van der Waals surface area contributed by atoms with Crippen LogP contribution >= 0.6 is 12.2 Å². The van der Waals surface area contributed by atoms with E-state index in [4.69, 9.17) is 17.0 Å². The highest BCUT2D eigenvalue weighted by Crippen LogP contribution is 2.30. The Bertz CT molecular complexity index is 1390. The van der Waals surface area contributed by atoms with E-state index in [-0.39, 0.29) is 11.5 Å². The SMILES string of the molecule is CCn1c(=S)[nH]c2cc(C(=O)Nc3ccccc3Oc3ccc(C)cc3)ccc2c1=O. The van der Waals surface area contributed by atoms with E-state index in [0.29, 0.717) is 45.0 Å². The van der Waals surface area contributed by atoms with E-state index in [1.165, 1.54) is 4.57 Å². The van der Waals surface area contributed by atoms with Crippen LogP contribution in [-0.2, 0) is 6.54 Å². The van der Waals surface area contributed by atoms with E-state index in [1.54, 1.807) is 30.3 Å². The molecule has 0 saturated carbocycles. The summed E-state index contributed by atoms with van der Waals surface area (Å²) in [4.78, 5) is 28.5. The summed E-state index contributed by atoms with van der Waals surface area (Å²) in [5, 5.41) is 3.37. The highest BCUT2D eigenvalue weighted by atomic mass is 32.1. The van der Waals surface area contributed by atoms with Gasteiger partial charge < -0.3 is 15.0 Å². The molecule has 4 rings (SSSR count). The Morgan fingerprint density at radius 2 is 1.84 bits per heavy atom. The molecular formula is C24H21N3O3S. The molecule has 0 saturated heterocycles. The molecule has 7 heteroatoms. The van der Waals surface area contributed by atoms with Gasteiger partial charge in [0.25, 0.3) is 11.5 Å². The van der Waals surface area contributed by atoms with Gasteiger partial charge in [-0.3, -0.25) is 14.2 Å². The minimum Gasteiger partial charge on any atom is -0.455 e. The summed E-state index contributed by atoms with van der Waals surface area (Å²) >= 11 is 5.26. The molecule has 0 spiro atoms. The zero-order chi connectivity index (χ0) is 22.0. The number of nitrogens with zero attached hydrogens (tertiary/aromatic N) is 1. The first-order valence-corrected chi connectivity index (χ1v) is 10.3. The summed E-state index contributed by atoms with van der Waals surface area (Å²) in [6.45, 7) is 4.34. The van der Waals surface area contributed by atoms with Gasteiger partial charge in [-0.1, -0.05) is 29.8 Å². The topological polar surface area (TPSA) is 76.1 Å². The predicted octanol–water partition coefficient (Wildman–Crippen LogP) is 5.43. The molecule has 0 aliphatic heterocycles. The van der Waals surface area contributed by atoms with Crippen LogP contribution in [0.1, 0.15) is 22.8 Å². The molecule has 1 heterocycles. The number of carbonyl (C=O) groups is 1. The smallest absolute Gasteiger partial charge is 0.262 e. The van der Waals surface area contributed by atoms with Crippen LogP contribution in [0.5, 0.6) is 11.5 Å². The fourth-order valence-corrected chi connectivity index (χ4v) is 3.59. The van der Waals surface area contributed by atoms with Crippen molar-refractivity contribution in [1.82, 2.24) is 9.55 Å². The molecule has 0 atom stereocenters. The van der Waals surface area contributed by atoms with Crippen LogP contribution in [0.4, 0.5) is 5.69 Å². The van der Waals surface area contributed by atoms with Crippen molar-refractivity contribution in [1.29, 1.82) is 0 Å². The molecule has 31 heavy (non-hydrogen) atoms. The number of nitrogens with one attached hydrogen (secondary N) is 2. The van der Waals surface area contributed by atoms with Crippen molar-refractivity contribution in [3.63, 3.8) is 0 Å². The number of rotatable bonds is 5. The van der Waals surface area contributed by atoms with Gasteiger partial charge in [0.2, 0.25) is 0 Å². The second-order valence-corrected chi connectivity index (χ2v) is 7.49. The van der Waals surface area contributed by atoms with E-state index in [0.717, 1.165) is 5.56 Å². The van der Waals surface area contributed by atoms with Crippen LogP contribution in [-0.4, -0.2) is 15.5 Å². The Labute approximate surface area is 184 Å². The maximum atomic E-state index is 12.9. The normalized spacial score (nSPS) is 10.8. The number of carbonyl (C=O) groups excluding carboxylic acids is 1. The first kappa shape index (κ1) is 20.6. The Kier molecular flexibility index (Phi) is 5.68. The lowest BCUT2D eigenvalue weighted by atomic mass is 10.1. The van der Waals surface area contributed by atoms with Crippen LogP contribution in [0.15, 0.2) is 71.5 Å². The Balaban J connectivity index is 1.63. The van der Waals surface area contributed by atoms with E-state index < -0.39 is 0 Å². The van der Waals surface area contributed by atoms with Crippen LogP contribution in [0.25, 0.3) is 10.9 Å². The predicted molar refractivity (Wildman–Crippen MR) is 125 cm³/mol. The molecule has 6 nitrogen and oxygen atoms in total. The third-order valence-corrected chi connectivity index (χ3v) is 5.27. The molecule has 0 aliphatic rings. The minimum atomic E-state index is -0.319. The van der Waals surface area contributed by atoms with Gasteiger partial charge in [-0.15, -0.1) is 0 Å². The van der Waals surface area contributed by atoms with Gasteiger partial charge in [0.05, 0.1) is 16.6 Å². The van der Waals surface area contributed by atoms with Crippen molar-refractivity contribution >= 4 is 34.7 Å². The van der Waals surface area contributed by atoms with Crippen LogP contribution in [0.3, 0.4) is 0 Å². The average Bonchev–Trinajstić information content (AvgIpc) is 2.76. The molecule has 156 valence electrons. The first-order valence-electron chi connectivity index (χ1n) is 9.88. The van der Waals surface area contributed by atoms with Crippen molar-refractivity contribution in [3.8, 4) is 11.5 Å². The van der Waals surface area contributed by atoms with Gasteiger partial charge in [-0.25, -0.2) is 0 Å². The largest absolute Gasteiger partial charge is 0.455 e. The molecule has 2 N–H and O–H groups in total. The van der Waals surface area contributed by atoms with Gasteiger partial charge in [0, 0.05) is 12.1 Å². The van der Waals surface area contributed by atoms with Crippen molar-refractivity contribution in [2.45, 2.75) is 20.4 Å². The summed E-state index contributed by atoms with van der Waals surface area (Å²) in [7, 11) is 0. The van der Waals surface area contributed by atoms with Crippen molar-refractivity contribution in [2.24, 2.45) is 0 Å². The van der Waals surface area contributed by atoms with Crippen LogP contribution < -0.4 is 15.6 Å². The number of H-pyrrole nitrogens is 1. The number of para-hydroxylation sites is 2. The molecular weight excluding hydrogens is 410 g/mol. The molecule has 0 fully saturated rings. The molecule has 0 radical (unpaired) electrons. The van der Waals surface area contributed by atoms with E-state index in [9.17, 15) is 9.59 Å². The van der Waals surface area contributed by atoms with Crippen molar-refractivity contribution in [3.05, 3.63) is 93.0 Å². The summed E-state index contributed by atoms with van der Waals surface area (Å²) < 4.78 is 7.76. The molecule has 0 bridgehead atoms. The number of benzene rings is 3. The third-order valence-electron chi connectivity index (χ3n) is 4.94. The lowest BCUT2D eigenvalue weighted by molar-refractivity contribution is 0.102. The molecule has 3 aromatic carbocycles. The van der Waals surface area contributed by atoms with Crippen molar-refractivity contribution < 1.29 is 9.53 Å². The average molecular weight is 432 g/mol. The number of amides is 1. The fourth-order valence-electron chi connectivity index (χ4n) is 3.27. The van der Waals surface area contributed by atoms with Gasteiger partial charge in [0.1, 0.15) is 5.75 Å². The highest BCUT2D eigenvalue weighted by molar-refractivity contribution is 7.71. The van der Waals surface area contributed by atoms with E-state index in [2.05, 4.69) is 10.3 Å². The second kappa shape index (κ2) is 8.57. The number of hydrogen-bond acceptors (Lipinski definition) is 4. The summed E-state index contributed by atoms with van der Waals surface area (Å²) in [5.74, 6) is 0.893. The number of aromatic amines is 1. The summed E-state index contributed by atoms with van der Waals surface area (Å²) in [6, 6.07) is 19.8. The molecule has 1 aromatic heterocycles. The lowest BCUT2D eigenvalue weighted by Gasteiger charge is -2.13. The quantitative estimate of drug-likeness (QED) is 0.413. The number of ether oxygens (including phenoxy) is 1. The van der Waals surface area contributed by atoms with Gasteiger partial charge in [-0.05, 0) is 68.5 Å². The molecule has 0 aliphatic carbocycles. The monoisotopic (exact) mass is 431 g/mol. The molecule has 0 unspecified atom stereocenters. The van der Waals surface area contributed by atoms with Gasteiger partial charge >= 0.3 is 0 Å². The highest BCUT2D eigenvalue weighted by Gasteiger charge is 2.13. The van der Waals surface area contributed by atoms with Crippen LogP contribution in [0, 0.1) is 11.7 Å². The maximum Gasteiger partial charge on any atom is 0.262 e. The standard InChI is InChI=1S/C24H21N3O3S/c1-3-27-23(29)18-13-10-16(14-20(18)26-24(27)31)22(28)25-19-6-4-5-7-21(19)30-17-11-8-15(2)9-12-17/h4-14H,3H2,1-2H3,(H,25,28)(H,26,31). The van der Waals surface area contributed by atoms with E-state index >= 15 is 0 Å². The van der Waals surface area contributed by atoms with E-state index in [1.807, 2.05) is 50.2 Å². The minimum absolute atomic E-state index is 0.176. The first-order chi connectivity index (χ1) is 15.0. The summed E-state index contributed by atoms with van der Waals surface area (Å²) in [5.41, 5.74) is 2.43. The second-order valence-electron chi connectivity index (χ2n) is 7.11. The Morgan fingerprint density at radius 1 is 1.10 bits per heavy atom. The summed E-state index contributed by atoms with van der Waals surface area (Å²) in [6.07, 6.45) is 0. The maximum absolute atomic E-state index is 12.9. The number of anilines is 1. The van der Waals surface area contributed by atoms with Crippen molar-refractivity contribution in [2.75, 3.05) is 5.32 Å². The van der Waals surface area contributed by atoms with Gasteiger partial charge in [0.15, 0.2) is 10.5 Å². The molecule has 4 aromatic rings. The number of fused-ring (bicyclic) bond motifs is 1. The Morgan fingerprint density at radius 3 is 2.58 bits per heavy atom. The lowest BCUT2D eigenvalue weighted by Crippen LogP contribution is -2.21. The van der Waals surface area contributed by atoms with Gasteiger partial charge in [-0.2, -0.15) is 0 Å². The fraction of sp³-hybridized carbons (Fsp3) is 0.125. The third kappa shape index (κ3) is 4.27. The molecule has 1 amide bonds. The Hall–Kier alpha value is -3.71. The zero-order valence-electron chi connectivity index (χ0n) is 17.1.